The summed E-state index contributed by atoms with van der Waals surface area (Å²) in [5.41, 5.74) is 3.42. The first-order valence-electron chi connectivity index (χ1n) is 8.31. The third kappa shape index (κ3) is 3.28. The number of rotatable bonds is 3. The van der Waals surface area contributed by atoms with Gasteiger partial charge in [0.25, 0.3) is 0 Å². The number of aryl methyl sites for hydroxylation is 1. The van der Waals surface area contributed by atoms with E-state index in [9.17, 15) is 4.79 Å². The van der Waals surface area contributed by atoms with E-state index < -0.39 is 0 Å². The van der Waals surface area contributed by atoms with Gasteiger partial charge in [-0.25, -0.2) is 0 Å². The number of amides is 1. The van der Waals surface area contributed by atoms with Crippen LogP contribution in [-0.4, -0.2) is 30.0 Å². The lowest BCUT2D eigenvalue weighted by Crippen LogP contribution is -2.41. The van der Waals surface area contributed by atoms with Gasteiger partial charge in [-0.2, -0.15) is 12.6 Å². The Morgan fingerprint density at radius 2 is 1.92 bits per heavy atom. The molecule has 4 nitrogen and oxygen atoms in total. The first-order valence-corrected chi connectivity index (χ1v) is 8.95. The lowest BCUT2D eigenvalue weighted by atomic mass is 9.78. The summed E-state index contributed by atoms with van der Waals surface area (Å²) in [7, 11) is -0.386. The third-order valence-corrected chi connectivity index (χ3v) is 5.48. The van der Waals surface area contributed by atoms with Crippen LogP contribution in [0, 0.1) is 0 Å². The van der Waals surface area contributed by atoms with Crippen LogP contribution in [0.3, 0.4) is 0 Å². The van der Waals surface area contributed by atoms with Crippen molar-refractivity contribution in [2.75, 3.05) is 11.1 Å². The standard InChI is InChI=1S/C18H24BNO3S/c1-17(2)18(3,4)23-19(22-17)14(11-24)10-12-5-7-15-13(9-12)6-8-16(21)20-15/h5,7,9-10,24H,6,8,11H2,1-4H3,(H,20,21). The van der Waals surface area contributed by atoms with Gasteiger partial charge in [0.1, 0.15) is 0 Å². The Bertz CT molecular complexity index is 684. The number of nitrogens with one attached hydrogen (secondary N) is 1. The second-order valence-electron chi connectivity index (χ2n) is 7.43. The molecule has 2 heterocycles. The van der Waals surface area contributed by atoms with Gasteiger partial charge < -0.3 is 14.6 Å². The second-order valence-corrected chi connectivity index (χ2v) is 7.75. The molecule has 0 aliphatic carbocycles. The summed E-state index contributed by atoms with van der Waals surface area (Å²) in [5, 5.41) is 2.91. The smallest absolute Gasteiger partial charge is 0.400 e. The van der Waals surface area contributed by atoms with Gasteiger partial charge in [0, 0.05) is 17.9 Å². The summed E-state index contributed by atoms with van der Waals surface area (Å²) in [6.45, 7) is 8.19. The topological polar surface area (TPSA) is 47.6 Å². The van der Waals surface area contributed by atoms with Crippen LogP contribution in [0.5, 0.6) is 0 Å². The number of hydrogen-bond acceptors (Lipinski definition) is 4. The predicted molar refractivity (Wildman–Crippen MR) is 101 cm³/mol. The van der Waals surface area contributed by atoms with Crippen LogP contribution in [0.1, 0.15) is 45.2 Å². The molecule has 1 amide bonds. The molecule has 1 saturated heterocycles. The molecule has 3 rings (SSSR count). The van der Waals surface area contributed by atoms with Crippen molar-refractivity contribution >= 4 is 37.4 Å². The minimum Gasteiger partial charge on any atom is -0.400 e. The highest BCUT2D eigenvalue weighted by Gasteiger charge is 2.52. The van der Waals surface area contributed by atoms with Crippen molar-refractivity contribution in [1.29, 1.82) is 0 Å². The molecule has 0 saturated carbocycles. The van der Waals surface area contributed by atoms with Gasteiger partial charge in [0.2, 0.25) is 5.91 Å². The molecule has 2 aliphatic rings. The predicted octanol–water partition coefficient (Wildman–Crippen LogP) is 3.52. The van der Waals surface area contributed by atoms with Crippen molar-refractivity contribution in [3.05, 3.63) is 34.8 Å². The van der Waals surface area contributed by atoms with Crippen molar-refractivity contribution in [2.24, 2.45) is 0 Å². The number of benzene rings is 1. The molecule has 0 radical (unpaired) electrons. The van der Waals surface area contributed by atoms with Crippen LogP contribution >= 0.6 is 12.6 Å². The quantitative estimate of drug-likeness (QED) is 0.651. The highest BCUT2D eigenvalue weighted by molar-refractivity contribution is 7.80. The minimum atomic E-state index is -0.386. The van der Waals surface area contributed by atoms with Gasteiger partial charge in [0.05, 0.1) is 11.2 Å². The Labute approximate surface area is 149 Å². The second kappa shape index (κ2) is 6.25. The molecule has 1 aromatic carbocycles. The first-order chi connectivity index (χ1) is 11.2. The van der Waals surface area contributed by atoms with Crippen LogP contribution in [0.2, 0.25) is 0 Å². The monoisotopic (exact) mass is 345 g/mol. The average molecular weight is 345 g/mol. The Morgan fingerprint density at radius 1 is 1.25 bits per heavy atom. The van der Waals surface area contributed by atoms with Crippen LogP contribution < -0.4 is 5.32 Å². The van der Waals surface area contributed by atoms with E-state index in [0.29, 0.717) is 12.2 Å². The molecular weight excluding hydrogens is 321 g/mol. The van der Waals surface area contributed by atoms with Crippen LogP contribution in [0.25, 0.3) is 6.08 Å². The van der Waals surface area contributed by atoms with Crippen molar-refractivity contribution in [3.63, 3.8) is 0 Å². The van der Waals surface area contributed by atoms with E-state index in [0.717, 1.165) is 28.7 Å². The number of fused-ring (bicyclic) bond motifs is 1. The Balaban J connectivity index is 1.85. The average Bonchev–Trinajstić information content (AvgIpc) is 2.73. The summed E-state index contributed by atoms with van der Waals surface area (Å²) >= 11 is 4.46. The normalized spacial score (nSPS) is 22.3. The van der Waals surface area contributed by atoms with Gasteiger partial charge in [-0.15, -0.1) is 0 Å². The summed E-state index contributed by atoms with van der Waals surface area (Å²) < 4.78 is 12.2. The first kappa shape index (κ1) is 17.6. The molecule has 128 valence electrons. The highest BCUT2D eigenvalue weighted by atomic mass is 32.1. The van der Waals surface area contributed by atoms with E-state index in [2.05, 4.69) is 30.1 Å². The maximum absolute atomic E-state index is 11.5. The van der Waals surface area contributed by atoms with Gasteiger partial charge in [-0.05, 0) is 62.8 Å². The third-order valence-electron chi connectivity index (χ3n) is 5.12. The Morgan fingerprint density at radius 3 is 2.54 bits per heavy atom. The molecule has 0 bridgehead atoms. The van der Waals surface area contributed by atoms with Crippen LogP contribution in [0.4, 0.5) is 5.69 Å². The number of carbonyl (C=O) groups excluding carboxylic acids is 1. The van der Waals surface area contributed by atoms with Crippen LogP contribution in [-0.2, 0) is 20.5 Å². The zero-order valence-electron chi connectivity index (χ0n) is 14.7. The fraction of sp³-hybridized carbons (Fsp3) is 0.500. The number of anilines is 1. The molecule has 0 aromatic heterocycles. The molecule has 1 N–H and O–H groups in total. The molecule has 0 unspecified atom stereocenters. The number of carbonyl (C=O) groups is 1. The summed E-state index contributed by atoms with van der Waals surface area (Å²) in [6, 6.07) is 6.07. The summed E-state index contributed by atoms with van der Waals surface area (Å²) in [4.78, 5) is 11.5. The fourth-order valence-corrected chi connectivity index (χ4v) is 3.13. The minimum absolute atomic E-state index is 0.0825. The highest BCUT2D eigenvalue weighted by Crippen LogP contribution is 2.39. The maximum atomic E-state index is 11.5. The maximum Gasteiger partial charge on any atom is 0.491 e. The lowest BCUT2D eigenvalue weighted by molar-refractivity contribution is -0.116. The SMILES string of the molecule is CC1(C)OB(C(=Cc2ccc3c(c2)CCC(=O)N3)CS)OC1(C)C. The molecular formula is C18H24BNO3S. The number of thiol groups is 1. The van der Waals surface area contributed by atoms with E-state index in [-0.39, 0.29) is 24.2 Å². The van der Waals surface area contributed by atoms with E-state index in [1.807, 2.05) is 39.8 Å². The van der Waals surface area contributed by atoms with Crippen molar-refractivity contribution in [1.82, 2.24) is 0 Å². The molecule has 0 atom stereocenters. The van der Waals surface area contributed by atoms with Gasteiger partial charge in [-0.3, -0.25) is 4.79 Å². The van der Waals surface area contributed by atoms with Crippen LogP contribution in [0.15, 0.2) is 23.7 Å². The fourth-order valence-electron chi connectivity index (χ4n) is 2.89. The molecule has 1 fully saturated rings. The van der Waals surface area contributed by atoms with E-state index in [1.165, 1.54) is 0 Å². The van der Waals surface area contributed by atoms with E-state index >= 15 is 0 Å². The van der Waals surface area contributed by atoms with Gasteiger partial charge in [-0.1, -0.05) is 12.1 Å². The zero-order valence-corrected chi connectivity index (χ0v) is 15.6. The number of hydrogen-bond donors (Lipinski definition) is 2. The molecule has 24 heavy (non-hydrogen) atoms. The van der Waals surface area contributed by atoms with Crippen molar-refractivity contribution in [2.45, 2.75) is 51.7 Å². The summed E-state index contributed by atoms with van der Waals surface area (Å²) in [6.07, 6.45) is 3.39. The van der Waals surface area contributed by atoms with Gasteiger partial charge in [0.15, 0.2) is 0 Å². The zero-order chi connectivity index (χ0) is 17.5. The molecule has 1 aromatic rings. The molecule has 0 spiro atoms. The molecule has 6 heteroatoms. The van der Waals surface area contributed by atoms with Crippen molar-refractivity contribution in [3.8, 4) is 0 Å². The molecule has 2 aliphatic heterocycles. The Hall–Kier alpha value is -1.24. The largest absolute Gasteiger partial charge is 0.491 e. The Kier molecular flexibility index (Phi) is 4.58. The van der Waals surface area contributed by atoms with Crippen molar-refractivity contribution < 1.29 is 14.1 Å². The lowest BCUT2D eigenvalue weighted by Gasteiger charge is -2.32. The summed E-state index contributed by atoms with van der Waals surface area (Å²) in [5.74, 6) is 0.643. The van der Waals surface area contributed by atoms with E-state index in [4.69, 9.17) is 9.31 Å². The van der Waals surface area contributed by atoms with Gasteiger partial charge >= 0.3 is 7.12 Å². The van der Waals surface area contributed by atoms with E-state index in [1.54, 1.807) is 0 Å².